The summed E-state index contributed by atoms with van der Waals surface area (Å²) >= 11 is 10.1. The Morgan fingerprint density at radius 1 is 1.24 bits per heavy atom. The fraction of sp³-hybridized carbons (Fsp3) is 0.200. The highest BCUT2D eigenvalue weighted by Gasteiger charge is 2.22. The molecule has 2 aromatic carbocycles. The Bertz CT molecular complexity index is 690. The van der Waals surface area contributed by atoms with Crippen molar-refractivity contribution < 1.29 is 14.7 Å². The second-order valence-electron chi connectivity index (χ2n) is 4.52. The normalized spacial score (nSPS) is 12.1. The van der Waals surface area contributed by atoms with Crippen LogP contribution in [0.2, 0.25) is 5.02 Å². The van der Waals surface area contributed by atoms with Crippen molar-refractivity contribution in [2.75, 3.05) is 5.75 Å². The second kappa shape index (κ2) is 6.83. The molecule has 0 aromatic heterocycles. The summed E-state index contributed by atoms with van der Waals surface area (Å²) in [6.07, 6.45) is 0.243. The van der Waals surface area contributed by atoms with E-state index in [1.165, 1.54) is 0 Å². The van der Waals surface area contributed by atoms with E-state index in [-0.39, 0.29) is 6.42 Å². The molecule has 1 amide bonds. The molecule has 0 unspecified atom stereocenters. The van der Waals surface area contributed by atoms with E-state index in [2.05, 4.69) is 17.9 Å². The number of aliphatic carboxylic acids is 1. The predicted molar refractivity (Wildman–Crippen MR) is 86.3 cm³/mol. The van der Waals surface area contributed by atoms with Gasteiger partial charge < -0.3 is 10.4 Å². The third-order valence-electron chi connectivity index (χ3n) is 3.13. The number of halogens is 1. The Labute approximate surface area is 132 Å². The van der Waals surface area contributed by atoms with Crippen LogP contribution in [0, 0.1) is 0 Å². The molecule has 2 rings (SSSR count). The summed E-state index contributed by atoms with van der Waals surface area (Å²) in [6, 6.07) is 9.78. The Morgan fingerprint density at radius 3 is 2.62 bits per heavy atom. The van der Waals surface area contributed by atoms with Gasteiger partial charge in [-0.15, -0.1) is 0 Å². The van der Waals surface area contributed by atoms with Gasteiger partial charge in [0.2, 0.25) is 0 Å². The van der Waals surface area contributed by atoms with E-state index in [1.807, 2.05) is 18.2 Å². The van der Waals surface area contributed by atoms with Crippen LogP contribution in [0.1, 0.15) is 16.8 Å². The van der Waals surface area contributed by atoms with Gasteiger partial charge in [0, 0.05) is 0 Å². The summed E-state index contributed by atoms with van der Waals surface area (Å²) in [5, 5.41) is 13.4. The maximum Gasteiger partial charge on any atom is 0.326 e. The number of carboxylic acid groups (broad SMARTS) is 1. The summed E-state index contributed by atoms with van der Waals surface area (Å²) in [6.45, 7) is 0. The molecule has 0 bridgehead atoms. The number of carbonyl (C=O) groups excluding carboxylic acids is 1. The average Bonchev–Trinajstić information content (AvgIpc) is 2.46. The first-order valence-electron chi connectivity index (χ1n) is 6.36. The minimum atomic E-state index is -1.09. The molecule has 4 nitrogen and oxygen atoms in total. The lowest BCUT2D eigenvalue weighted by atomic mass is 10.0. The lowest BCUT2D eigenvalue weighted by Gasteiger charge is -2.15. The van der Waals surface area contributed by atoms with Gasteiger partial charge in [-0.25, -0.2) is 4.79 Å². The Morgan fingerprint density at radius 2 is 1.95 bits per heavy atom. The van der Waals surface area contributed by atoms with E-state index < -0.39 is 17.9 Å². The Balaban J connectivity index is 2.39. The van der Waals surface area contributed by atoms with Crippen molar-refractivity contribution in [1.82, 2.24) is 5.32 Å². The predicted octanol–water partition coefficient (Wildman–Crippen LogP) is 3.00. The topological polar surface area (TPSA) is 66.4 Å². The number of nitrogens with one attached hydrogen (secondary N) is 1. The van der Waals surface area contributed by atoms with Crippen molar-refractivity contribution >= 4 is 46.9 Å². The van der Waals surface area contributed by atoms with Gasteiger partial charge in [-0.05, 0) is 29.0 Å². The molecule has 0 saturated heterocycles. The largest absolute Gasteiger partial charge is 0.480 e. The van der Waals surface area contributed by atoms with Gasteiger partial charge in [-0.2, -0.15) is 12.6 Å². The lowest BCUT2D eigenvalue weighted by Crippen LogP contribution is -2.41. The minimum absolute atomic E-state index is 0.243. The fourth-order valence-electron chi connectivity index (χ4n) is 2.09. The smallest absolute Gasteiger partial charge is 0.326 e. The highest BCUT2D eigenvalue weighted by molar-refractivity contribution is 7.80. The van der Waals surface area contributed by atoms with E-state index in [0.717, 1.165) is 5.39 Å². The van der Waals surface area contributed by atoms with Gasteiger partial charge in [0.15, 0.2) is 0 Å². The number of thiol groups is 1. The van der Waals surface area contributed by atoms with Crippen LogP contribution in [0.3, 0.4) is 0 Å². The number of hydrogen-bond acceptors (Lipinski definition) is 3. The van der Waals surface area contributed by atoms with Crippen LogP contribution in [-0.4, -0.2) is 28.8 Å². The van der Waals surface area contributed by atoms with Crippen LogP contribution in [0.5, 0.6) is 0 Å². The highest BCUT2D eigenvalue weighted by Crippen LogP contribution is 2.26. The zero-order valence-corrected chi connectivity index (χ0v) is 12.7. The molecule has 0 aliphatic carbocycles. The minimum Gasteiger partial charge on any atom is -0.480 e. The van der Waals surface area contributed by atoms with Gasteiger partial charge >= 0.3 is 5.97 Å². The Kier molecular flexibility index (Phi) is 5.09. The molecule has 2 N–H and O–H groups in total. The molecule has 0 fully saturated rings. The number of fused-ring (bicyclic) bond motifs is 1. The van der Waals surface area contributed by atoms with Crippen molar-refractivity contribution in [3.8, 4) is 0 Å². The molecule has 1 atom stereocenters. The first-order valence-corrected chi connectivity index (χ1v) is 7.37. The van der Waals surface area contributed by atoms with Crippen molar-refractivity contribution in [3.05, 3.63) is 47.0 Å². The van der Waals surface area contributed by atoms with Gasteiger partial charge in [-0.1, -0.05) is 41.9 Å². The lowest BCUT2D eigenvalue weighted by molar-refractivity contribution is -0.139. The van der Waals surface area contributed by atoms with E-state index in [1.54, 1.807) is 18.2 Å². The quantitative estimate of drug-likeness (QED) is 0.741. The molecule has 0 heterocycles. The Hall–Kier alpha value is -1.72. The van der Waals surface area contributed by atoms with Crippen LogP contribution in [0.15, 0.2) is 36.4 Å². The number of carbonyl (C=O) groups is 2. The van der Waals surface area contributed by atoms with E-state index in [0.29, 0.717) is 21.7 Å². The maximum atomic E-state index is 12.4. The van der Waals surface area contributed by atoms with Gasteiger partial charge in [-0.3, -0.25) is 4.79 Å². The molecular formula is C15H14ClNO3S. The van der Waals surface area contributed by atoms with Gasteiger partial charge in [0.05, 0.1) is 10.6 Å². The third kappa shape index (κ3) is 3.49. The zero-order valence-electron chi connectivity index (χ0n) is 11.0. The van der Waals surface area contributed by atoms with Crippen LogP contribution in [0.25, 0.3) is 10.8 Å². The van der Waals surface area contributed by atoms with Crippen LogP contribution in [-0.2, 0) is 4.79 Å². The summed E-state index contributed by atoms with van der Waals surface area (Å²) in [7, 11) is 0. The van der Waals surface area contributed by atoms with Crippen molar-refractivity contribution in [2.45, 2.75) is 12.5 Å². The summed E-state index contributed by atoms with van der Waals surface area (Å²) in [5.74, 6) is -1.22. The van der Waals surface area contributed by atoms with Crippen LogP contribution in [0.4, 0.5) is 0 Å². The van der Waals surface area contributed by atoms with E-state index >= 15 is 0 Å². The van der Waals surface area contributed by atoms with E-state index in [9.17, 15) is 9.59 Å². The first kappa shape index (κ1) is 15.7. The van der Waals surface area contributed by atoms with Gasteiger partial charge in [0.1, 0.15) is 6.04 Å². The van der Waals surface area contributed by atoms with E-state index in [4.69, 9.17) is 16.7 Å². The fourth-order valence-corrected chi connectivity index (χ4v) is 2.60. The van der Waals surface area contributed by atoms with Crippen molar-refractivity contribution in [2.24, 2.45) is 0 Å². The molecule has 0 aliphatic rings. The summed E-state index contributed by atoms with van der Waals surface area (Å²) in [5.41, 5.74) is 0.292. The third-order valence-corrected chi connectivity index (χ3v) is 3.70. The number of carboxylic acids is 1. The second-order valence-corrected chi connectivity index (χ2v) is 5.37. The van der Waals surface area contributed by atoms with Crippen molar-refractivity contribution in [3.63, 3.8) is 0 Å². The highest BCUT2D eigenvalue weighted by atomic mass is 35.5. The molecule has 2 aromatic rings. The number of amides is 1. The number of hydrogen-bond donors (Lipinski definition) is 3. The van der Waals surface area contributed by atoms with Crippen LogP contribution < -0.4 is 5.32 Å². The van der Waals surface area contributed by atoms with Gasteiger partial charge in [0.25, 0.3) is 5.91 Å². The van der Waals surface area contributed by atoms with Crippen LogP contribution >= 0.6 is 24.2 Å². The maximum absolute atomic E-state index is 12.4. The monoisotopic (exact) mass is 323 g/mol. The summed E-state index contributed by atoms with van der Waals surface area (Å²) < 4.78 is 0. The number of benzene rings is 2. The average molecular weight is 324 g/mol. The molecular weight excluding hydrogens is 310 g/mol. The van der Waals surface area contributed by atoms with Crippen molar-refractivity contribution in [1.29, 1.82) is 0 Å². The molecule has 21 heavy (non-hydrogen) atoms. The zero-order chi connectivity index (χ0) is 15.4. The molecule has 110 valence electrons. The first-order chi connectivity index (χ1) is 10.0. The summed E-state index contributed by atoms with van der Waals surface area (Å²) in [4.78, 5) is 23.5. The standard InChI is InChI=1S/C15H14ClNO3S/c16-11-6-5-9-3-1-2-4-10(9)13(11)14(18)17-12(7-8-21)15(19)20/h1-6,12,21H,7-8H2,(H,17,18)(H,19,20)/t12-/m0/s1. The molecule has 6 heteroatoms. The number of rotatable bonds is 5. The molecule has 0 aliphatic heterocycles. The molecule has 0 radical (unpaired) electrons. The SMILES string of the molecule is O=C(N[C@@H](CCS)C(=O)O)c1c(Cl)ccc2ccccc12. The molecule has 0 saturated carbocycles. The molecule has 0 spiro atoms.